The van der Waals surface area contributed by atoms with E-state index in [-0.39, 0.29) is 5.41 Å². The van der Waals surface area contributed by atoms with Gasteiger partial charge in [0.15, 0.2) is 0 Å². The average Bonchev–Trinajstić information content (AvgIpc) is 3.32. The monoisotopic (exact) mass is 753 g/mol. The second kappa shape index (κ2) is 15.5. The Balaban J connectivity index is 1.19. The minimum atomic E-state index is -0.375. The summed E-state index contributed by atoms with van der Waals surface area (Å²) in [6.07, 6.45) is 0. The lowest BCUT2D eigenvalue weighted by atomic mass is 9.69. The van der Waals surface area contributed by atoms with Crippen LogP contribution in [0.25, 0.3) is 54.9 Å². The van der Waals surface area contributed by atoms with Crippen LogP contribution >= 0.6 is 0 Å². The molecule has 10 aromatic carbocycles. The number of anilines is 3. The molecule has 0 spiro atoms. The third-order valence-electron chi connectivity index (χ3n) is 12.0. The zero-order valence-corrected chi connectivity index (χ0v) is 33.0. The minimum absolute atomic E-state index is 0.375. The van der Waals surface area contributed by atoms with Gasteiger partial charge >= 0.3 is 0 Å². The summed E-state index contributed by atoms with van der Waals surface area (Å²) in [4.78, 5) is 2.46. The van der Waals surface area contributed by atoms with E-state index >= 15 is 0 Å². The molecule has 0 aromatic heterocycles. The van der Waals surface area contributed by atoms with Crippen molar-refractivity contribution in [3.8, 4) is 33.4 Å². The lowest BCUT2D eigenvalue weighted by Crippen LogP contribution is -2.26. The molecule has 0 bridgehead atoms. The Morgan fingerprint density at radius 2 is 0.797 bits per heavy atom. The summed E-state index contributed by atoms with van der Waals surface area (Å²) in [5.74, 6) is 0. The maximum Gasteiger partial charge on any atom is 0.0546 e. The molecule has 0 fully saturated rings. The fraction of sp³-hybridized carbons (Fsp3) is 0.0345. The van der Waals surface area contributed by atoms with Crippen LogP contribution in [0.2, 0.25) is 0 Å². The first kappa shape index (κ1) is 35.9. The molecule has 59 heavy (non-hydrogen) atoms. The molecule has 1 nitrogen and oxygen atoms in total. The molecule has 0 saturated carbocycles. The second-order valence-corrected chi connectivity index (χ2v) is 15.4. The zero-order valence-electron chi connectivity index (χ0n) is 33.0. The van der Waals surface area contributed by atoms with Crippen LogP contribution < -0.4 is 4.90 Å². The van der Waals surface area contributed by atoms with Crippen molar-refractivity contribution in [2.75, 3.05) is 4.90 Å². The van der Waals surface area contributed by atoms with Gasteiger partial charge in [-0.3, -0.25) is 0 Å². The molecule has 0 unspecified atom stereocenters. The van der Waals surface area contributed by atoms with Crippen LogP contribution in [0, 0.1) is 0 Å². The summed E-state index contributed by atoms with van der Waals surface area (Å²) >= 11 is 0. The predicted molar refractivity (Wildman–Crippen MR) is 251 cm³/mol. The van der Waals surface area contributed by atoms with Gasteiger partial charge in [0.05, 0.1) is 5.69 Å². The number of fused-ring (bicyclic) bond motifs is 3. The number of benzene rings is 10. The Kier molecular flexibility index (Phi) is 9.41. The molecule has 0 heterocycles. The average molecular weight is 754 g/mol. The lowest BCUT2D eigenvalue weighted by molar-refractivity contribution is 0.694. The van der Waals surface area contributed by atoms with Crippen molar-refractivity contribution in [3.05, 3.63) is 259 Å². The first-order valence-electron chi connectivity index (χ1n) is 20.4. The Morgan fingerprint density at radius 1 is 0.322 bits per heavy atom. The number of rotatable bonds is 9. The van der Waals surface area contributed by atoms with Crippen LogP contribution in [0.5, 0.6) is 0 Å². The first-order chi connectivity index (χ1) is 29.1. The largest absolute Gasteiger partial charge is 0.310 e. The molecule has 0 radical (unpaired) electrons. The Bertz CT molecular complexity index is 2930. The van der Waals surface area contributed by atoms with E-state index in [4.69, 9.17) is 0 Å². The lowest BCUT2D eigenvalue weighted by Gasteiger charge is -2.34. The van der Waals surface area contributed by atoms with Gasteiger partial charge in [0.2, 0.25) is 0 Å². The zero-order chi connectivity index (χ0) is 39.6. The molecule has 280 valence electrons. The van der Waals surface area contributed by atoms with E-state index in [0.717, 1.165) is 17.1 Å². The quantitative estimate of drug-likeness (QED) is 0.105. The van der Waals surface area contributed by atoms with Crippen LogP contribution in [-0.2, 0) is 5.41 Å². The maximum atomic E-state index is 2.46. The Labute approximate surface area is 347 Å². The van der Waals surface area contributed by atoms with Gasteiger partial charge in [0.25, 0.3) is 0 Å². The molecule has 0 aliphatic rings. The van der Waals surface area contributed by atoms with Crippen LogP contribution in [0.15, 0.2) is 243 Å². The highest BCUT2D eigenvalue weighted by atomic mass is 15.1. The third kappa shape index (κ3) is 6.67. The summed E-state index contributed by atoms with van der Waals surface area (Å²) in [6, 6.07) is 88.4. The number of hydrogen-bond donors (Lipinski definition) is 0. The highest BCUT2D eigenvalue weighted by Gasteiger charge is 2.33. The van der Waals surface area contributed by atoms with Crippen molar-refractivity contribution in [1.82, 2.24) is 0 Å². The van der Waals surface area contributed by atoms with Crippen LogP contribution in [0.3, 0.4) is 0 Å². The van der Waals surface area contributed by atoms with Crippen LogP contribution in [0.4, 0.5) is 17.1 Å². The van der Waals surface area contributed by atoms with Crippen molar-refractivity contribution in [1.29, 1.82) is 0 Å². The van der Waals surface area contributed by atoms with Crippen LogP contribution in [0.1, 0.15) is 23.6 Å². The molecular formula is C58H43N. The van der Waals surface area contributed by atoms with Crippen molar-refractivity contribution < 1.29 is 0 Å². The standard InChI is InChI=1S/C58H43N/c1-58(48-25-10-4-11-26-48,49-27-12-5-13-28-49)56-33-19-18-30-53(56)44-34-36-50(37-35-44)59(57-41-45-24-14-15-29-52(45)54-31-16-17-32-55(54)57)51-39-46(42-20-6-2-7-21-42)38-47(40-51)43-22-8-3-9-23-43/h2-41H,1H3. The van der Waals surface area contributed by atoms with Crippen molar-refractivity contribution in [3.63, 3.8) is 0 Å². The normalized spacial score (nSPS) is 11.5. The molecule has 10 aromatic rings. The Hall–Kier alpha value is -7.48. The van der Waals surface area contributed by atoms with E-state index in [1.807, 2.05) is 0 Å². The van der Waals surface area contributed by atoms with E-state index in [2.05, 4.69) is 254 Å². The molecule has 0 N–H and O–H groups in total. The molecule has 1 heteroatoms. The SMILES string of the molecule is CC(c1ccccc1)(c1ccccc1)c1ccccc1-c1ccc(N(c2cc(-c3ccccc3)cc(-c3ccccc3)c2)c2cc3ccccc3c3ccccc23)cc1. The summed E-state index contributed by atoms with van der Waals surface area (Å²) in [7, 11) is 0. The number of hydrogen-bond acceptors (Lipinski definition) is 1. The fourth-order valence-corrected chi connectivity index (χ4v) is 8.96. The van der Waals surface area contributed by atoms with E-state index in [9.17, 15) is 0 Å². The summed E-state index contributed by atoms with van der Waals surface area (Å²) in [5, 5.41) is 4.90. The van der Waals surface area contributed by atoms with Gasteiger partial charge in [0.1, 0.15) is 0 Å². The smallest absolute Gasteiger partial charge is 0.0546 e. The predicted octanol–water partition coefficient (Wildman–Crippen LogP) is 15.8. The fourth-order valence-electron chi connectivity index (χ4n) is 8.96. The van der Waals surface area contributed by atoms with Crippen LogP contribution in [-0.4, -0.2) is 0 Å². The topological polar surface area (TPSA) is 3.24 Å². The molecule has 0 amide bonds. The highest BCUT2D eigenvalue weighted by Crippen LogP contribution is 2.47. The van der Waals surface area contributed by atoms with Crippen molar-refractivity contribution in [2.24, 2.45) is 0 Å². The first-order valence-corrected chi connectivity index (χ1v) is 20.4. The minimum Gasteiger partial charge on any atom is -0.310 e. The van der Waals surface area contributed by atoms with Gasteiger partial charge in [-0.1, -0.05) is 206 Å². The van der Waals surface area contributed by atoms with Gasteiger partial charge < -0.3 is 4.90 Å². The van der Waals surface area contributed by atoms with Crippen molar-refractivity contribution >= 4 is 38.6 Å². The molecule has 0 atom stereocenters. The summed E-state index contributed by atoms with van der Waals surface area (Å²) in [6.45, 7) is 2.36. The second-order valence-electron chi connectivity index (χ2n) is 15.4. The third-order valence-corrected chi connectivity index (χ3v) is 12.0. The molecular weight excluding hydrogens is 711 g/mol. The van der Waals surface area contributed by atoms with E-state index in [0.29, 0.717) is 0 Å². The van der Waals surface area contributed by atoms with E-state index < -0.39 is 0 Å². The summed E-state index contributed by atoms with van der Waals surface area (Å²) < 4.78 is 0. The highest BCUT2D eigenvalue weighted by molar-refractivity contribution is 6.14. The van der Waals surface area contributed by atoms with Gasteiger partial charge in [0, 0.05) is 22.2 Å². The molecule has 10 rings (SSSR count). The van der Waals surface area contributed by atoms with E-state index in [1.165, 1.54) is 71.6 Å². The van der Waals surface area contributed by atoms with E-state index in [1.54, 1.807) is 0 Å². The molecule has 0 saturated heterocycles. The summed E-state index contributed by atoms with van der Waals surface area (Å²) in [5.41, 5.74) is 13.8. The maximum absolute atomic E-state index is 2.46. The van der Waals surface area contributed by atoms with Gasteiger partial charge in [-0.05, 0) is 110 Å². The molecule has 0 aliphatic carbocycles. The van der Waals surface area contributed by atoms with Gasteiger partial charge in [-0.2, -0.15) is 0 Å². The van der Waals surface area contributed by atoms with Crippen molar-refractivity contribution in [2.45, 2.75) is 12.3 Å². The van der Waals surface area contributed by atoms with Gasteiger partial charge in [-0.25, -0.2) is 0 Å². The van der Waals surface area contributed by atoms with Gasteiger partial charge in [-0.15, -0.1) is 0 Å². The molecule has 0 aliphatic heterocycles. The Morgan fingerprint density at radius 3 is 1.39 bits per heavy atom. The number of nitrogens with zero attached hydrogens (tertiary/aromatic N) is 1.